The van der Waals surface area contributed by atoms with Crippen molar-refractivity contribution in [3.63, 3.8) is 0 Å². The van der Waals surface area contributed by atoms with Gasteiger partial charge in [0.05, 0.1) is 12.6 Å². The lowest BCUT2D eigenvalue weighted by Gasteiger charge is -2.20. The fourth-order valence-corrected chi connectivity index (χ4v) is 3.03. The lowest BCUT2D eigenvalue weighted by atomic mass is 10.2. The third kappa shape index (κ3) is 3.22. The summed E-state index contributed by atoms with van der Waals surface area (Å²) in [6.07, 6.45) is 3.74. The Morgan fingerprint density at radius 2 is 2.09 bits per heavy atom. The van der Waals surface area contributed by atoms with Crippen molar-refractivity contribution in [1.82, 2.24) is 15.1 Å². The third-order valence-corrected chi connectivity index (χ3v) is 4.37. The van der Waals surface area contributed by atoms with Crippen LogP contribution >= 0.6 is 11.6 Å². The van der Waals surface area contributed by atoms with Crippen LogP contribution in [0.25, 0.3) is 6.08 Å². The summed E-state index contributed by atoms with van der Waals surface area (Å²) in [7, 11) is 0. The molecule has 1 atom stereocenters. The fraction of sp³-hybridized carbons (Fsp3) is 0.312. The summed E-state index contributed by atoms with van der Waals surface area (Å²) < 4.78 is 0. The average Bonchev–Trinajstić information content (AvgIpc) is 3.13. The van der Waals surface area contributed by atoms with Crippen molar-refractivity contribution in [2.24, 2.45) is 0 Å². The second-order valence-corrected chi connectivity index (χ2v) is 5.91. The molecule has 23 heavy (non-hydrogen) atoms. The molecule has 0 spiro atoms. The number of hydrogen-bond acceptors (Lipinski definition) is 3. The number of rotatable bonds is 3. The molecule has 2 aliphatic rings. The first kappa shape index (κ1) is 15.6. The topological polar surface area (TPSA) is 69.7 Å². The average molecular weight is 334 g/mol. The number of hydrogen-bond donors (Lipinski definition) is 1. The molecule has 6 nitrogen and oxygen atoms in total. The van der Waals surface area contributed by atoms with Crippen LogP contribution in [0.2, 0.25) is 5.02 Å². The second-order valence-electron chi connectivity index (χ2n) is 5.50. The fourth-order valence-electron chi connectivity index (χ4n) is 2.83. The van der Waals surface area contributed by atoms with Gasteiger partial charge in [-0.2, -0.15) is 0 Å². The van der Waals surface area contributed by atoms with Gasteiger partial charge in [-0.15, -0.1) is 0 Å². The van der Waals surface area contributed by atoms with Crippen molar-refractivity contribution in [2.75, 3.05) is 19.6 Å². The number of imide groups is 1. The van der Waals surface area contributed by atoms with Crippen LogP contribution < -0.4 is 5.32 Å². The van der Waals surface area contributed by atoms with Crippen LogP contribution in [-0.2, 0) is 9.59 Å². The monoisotopic (exact) mass is 333 g/mol. The van der Waals surface area contributed by atoms with E-state index in [0.717, 1.165) is 5.56 Å². The molecule has 3 rings (SSSR count). The van der Waals surface area contributed by atoms with Gasteiger partial charge in [-0.05, 0) is 24.1 Å². The van der Waals surface area contributed by atoms with Crippen molar-refractivity contribution in [3.8, 4) is 0 Å². The van der Waals surface area contributed by atoms with E-state index in [4.69, 9.17) is 11.6 Å². The van der Waals surface area contributed by atoms with Crippen LogP contribution in [0.15, 0.2) is 30.3 Å². The van der Waals surface area contributed by atoms with E-state index in [1.807, 2.05) is 18.2 Å². The Morgan fingerprint density at radius 1 is 1.30 bits per heavy atom. The van der Waals surface area contributed by atoms with Crippen LogP contribution in [0.5, 0.6) is 0 Å². The van der Waals surface area contributed by atoms with E-state index in [1.165, 1.54) is 11.0 Å². The van der Waals surface area contributed by atoms with Crippen LogP contribution in [0.1, 0.15) is 12.0 Å². The Balaban J connectivity index is 1.63. The first-order chi connectivity index (χ1) is 11.1. The van der Waals surface area contributed by atoms with E-state index in [0.29, 0.717) is 24.5 Å². The lowest BCUT2D eigenvalue weighted by molar-refractivity contribution is -0.128. The molecular weight excluding hydrogens is 318 g/mol. The molecule has 2 aliphatic heterocycles. The Morgan fingerprint density at radius 3 is 2.78 bits per heavy atom. The zero-order chi connectivity index (χ0) is 16.4. The number of likely N-dealkylation sites (tertiary alicyclic amines) is 1. The molecule has 0 aromatic heterocycles. The maximum atomic E-state index is 12.2. The highest BCUT2D eigenvalue weighted by atomic mass is 35.5. The normalized spacial score (nSPS) is 21.3. The van der Waals surface area contributed by atoms with Crippen LogP contribution in [0.4, 0.5) is 4.79 Å². The number of carbonyl (C=O) groups is 3. The summed E-state index contributed by atoms with van der Waals surface area (Å²) in [5.74, 6) is -0.389. The van der Waals surface area contributed by atoms with Gasteiger partial charge in [0.1, 0.15) is 0 Å². The lowest BCUT2D eigenvalue weighted by Crippen LogP contribution is -2.42. The number of nitrogens with one attached hydrogen (secondary N) is 1. The Hall–Kier alpha value is -2.34. The second kappa shape index (κ2) is 6.42. The summed E-state index contributed by atoms with van der Waals surface area (Å²) in [5, 5.41) is 3.08. The first-order valence-electron chi connectivity index (χ1n) is 7.37. The van der Waals surface area contributed by atoms with E-state index in [2.05, 4.69) is 5.32 Å². The zero-order valence-corrected chi connectivity index (χ0v) is 13.1. The summed E-state index contributed by atoms with van der Waals surface area (Å²) in [4.78, 5) is 38.5. The Bertz CT molecular complexity index is 673. The van der Waals surface area contributed by atoms with Gasteiger partial charge in [0, 0.05) is 24.2 Å². The molecule has 0 aliphatic carbocycles. The maximum absolute atomic E-state index is 12.2. The highest BCUT2D eigenvalue weighted by molar-refractivity contribution is 6.32. The highest BCUT2D eigenvalue weighted by Crippen LogP contribution is 2.20. The Labute approximate surface area is 138 Å². The Kier molecular flexibility index (Phi) is 4.34. The predicted octanol–water partition coefficient (Wildman–Crippen LogP) is 1.51. The van der Waals surface area contributed by atoms with Gasteiger partial charge in [-0.3, -0.25) is 14.5 Å². The van der Waals surface area contributed by atoms with Crippen molar-refractivity contribution < 1.29 is 14.4 Å². The third-order valence-electron chi connectivity index (χ3n) is 4.03. The van der Waals surface area contributed by atoms with Gasteiger partial charge < -0.3 is 10.2 Å². The van der Waals surface area contributed by atoms with Gasteiger partial charge in [-0.25, -0.2) is 4.79 Å². The minimum atomic E-state index is -0.374. The maximum Gasteiger partial charge on any atom is 0.324 e. The van der Waals surface area contributed by atoms with Crippen LogP contribution in [0.3, 0.4) is 0 Å². The van der Waals surface area contributed by atoms with Crippen LogP contribution in [0, 0.1) is 0 Å². The van der Waals surface area contributed by atoms with E-state index in [1.54, 1.807) is 17.0 Å². The molecule has 7 heteroatoms. The minimum Gasteiger partial charge on any atom is -0.337 e. The minimum absolute atomic E-state index is 0.0374. The molecule has 2 heterocycles. The molecule has 120 valence electrons. The number of nitrogens with zero attached hydrogens (tertiary/aromatic N) is 2. The molecule has 2 fully saturated rings. The molecule has 2 saturated heterocycles. The predicted molar refractivity (Wildman–Crippen MR) is 85.7 cm³/mol. The molecule has 0 radical (unpaired) electrons. The quantitative estimate of drug-likeness (QED) is 0.673. The first-order valence-corrected chi connectivity index (χ1v) is 7.75. The zero-order valence-electron chi connectivity index (χ0n) is 12.4. The molecule has 0 saturated carbocycles. The summed E-state index contributed by atoms with van der Waals surface area (Å²) in [6.45, 7) is 0.925. The van der Waals surface area contributed by atoms with Crippen LogP contribution in [-0.4, -0.2) is 53.3 Å². The largest absolute Gasteiger partial charge is 0.337 e. The van der Waals surface area contributed by atoms with E-state index in [-0.39, 0.29) is 30.4 Å². The molecule has 1 unspecified atom stereocenters. The van der Waals surface area contributed by atoms with Gasteiger partial charge in [0.15, 0.2) is 0 Å². The molecule has 1 N–H and O–H groups in total. The standard InChI is InChI=1S/C16H16ClN3O3/c17-13-4-2-1-3-11(13)5-6-14(21)19-8-7-12(10-19)20-15(22)9-18-16(20)23/h1-6,12H,7-10H2,(H,18,23)/b6-5+. The number of amides is 4. The van der Waals surface area contributed by atoms with Gasteiger partial charge in [0.25, 0.3) is 0 Å². The molecule has 4 amide bonds. The summed E-state index contributed by atoms with van der Waals surface area (Å²) >= 11 is 6.04. The smallest absolute Gasteiger partial charge is 0.324 e. The SMILES string of the molecule is O=C(/C=C/c1ccccc1Cl)N1CCC(N2C(=O)CNC2=O)C1. The molecule has 1 aromatic carbocycles. The molecule has 0 bridgehead atoms. The van der Waals surface area contributed by atoms with Gasteiger partial charge in [0.2, 0.25) is 11.8 Å². The molecule has 1 aromatic rings. The van der Waals surface area contributed by atoms with Gasteiger partial charge in [-0.1, -0.05) is 29.8 Å². The van der Waals surface area contributed by atoms with Crippen molar-refractivity contribution >= 4 is 35.5 Å². The highest BCUT2D eigenvalue weighted by Gasteiger charge is 2.39. The van der Waals surface area contributed by atoms with E-state index >= 15 is 0 Å². The van der Waals surface area contributed by atoms with E-state index in [9.17, 15) is 14.4 Å². The van der Waals surface area contributed by atoms with Crippen molar-refractivity contribution in [1.29, 1.82) is 0 Å². The number of carbonyl (C=O) groups excluding carboxylic acids is 3. The number of urea groups is 1. The molecular formula is C16H16ClN3O3. The number of benzene rings is 1. The van der Waals surface area contributed by atoms with Crippen molar-refractivity contribution in [3.05, 3.63) is 40.9 Å². The summed E-state index contributed by atoms with van der Waals surface area (Å²) in [5.41, 5.74) is 0.771. The number of halogens is 1. The van der Waals surface area contributed by atoms with Crippen molar-refractivity contribution in [2.45, 2.75) is 12.5 Å². The van der Waals surface area contributed by atoms with Gasteiger partial charge >= 0.3 is 6.03 Å². The summed E-state index contributed by atoms with van der Waals surface area (Å²) in [6, 6.07) is 6.63. The van der Waals surface area contributed by atoms with E-state index < -0.39 is 0 Å².